The van der Waals surface area contributed by atoms with Gasteiger partial charge in [-0.25, -0.2) is 4.98 Å². The lowest BCUT2D eigenvalue weighted by Gasteiger charge is -2.35. The molecule has 0 unspecified atom stereocenters. The minimum Gasteiger partial charge on any atom is -0.469 e. The van der Waals surface area contributed by atoms with Crippen LogP contribution in [0.25, 0.3) is 10.4 Å². The number of hydrogen-bond donors (Lipinski definition) is 2. The zero-order valence-corrected chi connectivity index (χ0v) is 14.5. The highest BCUT2D eigenvalue weighted by atomic mass is 16.5. The van der Waals surface area contributed by atoms with Crippen LogP contribution >= 0.6 is 0 Å². The van der Waals surface area contributed by atoms with Gasteiger partial charge in [0.2, 0.25) is 5.95 Å². The van der Waals surface area contributed by atoms with Crippen LogP contribution < -0.4 is 10.2 Å². The van der Waals surface area contributed by atoms with Gasteiger partial charge in [-0.05, 0) is 18.9 Å². The first-order valence-corrected chi connectivity index (χ1v) is 8.08. The molecular formula is C15H19N9O2. The van der Waals surface area contributed by atoms with Gasteiger partial charge in [-0.3, -0.25) is 9.89 Å². The van der Waals surface area contributed by atoms with E-state index in [0.717, 1.165) is 5.69 Å². The molecule has 2 aromatic rings. The third-order valence-corrected chi connectivity index (χ3v) is 4.06. The van der Waals surface area contributed by atoms with Crippen LogP contribution in [-0.2, 0) is 9.53 Å². The van der Waals surface area contributed by atoms with Crippen molar-refractivity contribution in [1.82, 2.24) is 20.2 Å². The summed E-state index contributed by atoms with van der Waals surface area (Å²) in [5, 5.41) is 13.6. The van der Waals surface area contributed by atoms with Crippen molar-refractivity contribution in [3.63, 3.8) is 0 Å². The predicted molar refractivity (Wildman–Crippen MR) is 93.9 cm³/mol. The summed E-state index contributed by atoms with van der Waals surface area (Å²) < 4.78 is 4.85. The van der Waals surface area contributed by atoms with E-state index in [1.54, 1.807) is 18.3 Å². The third kappa shape index (κ3) is 4.01. The minimum absolute atomic E-state index is 0.338. The van der Waals surface area contributed by atoms with Gasteiger partial charge in [-0.15, -0.1) is 0 Å². The van der Waals surface area contributed by atoms with Crippen molar-refractivity contribution in [2.24, 2.45) is 11.0 Å². The second-order valence-corrected chi connectivity index (χ2v) is 6.00. The van der Waals surface area contributed by atoms with Crippen molar-refractivity contribution in [2.75, 3.05) is 30.4 Å². The Kier molecular flexibility index (Phi) is 5.18. The summed E-state index contributed by atoms with van der Waals surface area (Å²) in [6, 6.07) is 3.22. The van der Waals surface area contributed by atoms with E-state index in [-0.39, 0.29) is 12.0 Å². The molecule has 3 rings (SSSR count). The molecule has 1 aliphatic rings. The van der Waals surface area contributed by atoms with Gasteiger partial charge >= 0.3 is 5.97 Å². The lowest BCUT2D eigenvalue weighted by molar-refractivity contribution is -0.145. The summed E-state index contributed by atoms with van der Waals surface area (Å²) in [5.74, 6) is 0.925. The molecule has 1 saturated heterocycles. The second kappa shape index (κ2) is 7.70. The van der Waals surface area contributed by atoms with E-state index < -0.39 is 5.92 Å². The number of nitrogens with zero attached hydrogens (tertiary/aromatic N) is 7. The molecule has 0 radical (unpaired) electrons. The van der Waals surface area contributed by atoms with Crippen LogP contribution in [0.4, 0.5) is 17.6 Å². The van der Waals surface area contributed by atoms with Gasteiger partial charge in [-0.1, -0.05) is 5.11 Å². The molecule has 1 fully saturated rings. The molecule has 1 aliphatic heterocycles. The van der Waals surface area contributed by atoms with Gasteiger partial charge < -0.3 is 15.0 Å². The molecule has 2 atom stereocenters. The van der Waals surface area contributed by atoms with E-state index in [2.05, 4.69) is 35.5 Å². The van der Waals surface area contributed by atoms with Gasteiger partial charge in [0.1, 0.15) is 5.82 Å². The van der Waals surface area contributed by atoms with E-state index in [0.29, 0.717) is 37.1 Å². The van der Waals surface area contributed by atoms with Crippen molar-refractivity contribution < 1.29 is 9.53 Å². The largest absolute Gasteiger partial charge is 0.469 e. The Labute approximate surface area is 149 Å². The standard InChI is InChI=1S/C15H19N9O2/c1-9-5-13(19-12-3-4-17-22-12)20-15(18-9)24-7-10(14(25)26-2)6-11(8-24)21-23-16/h3-5,10-11H,6-8H2,1-2H3,(H2,17,18,19,20,22)/t10-,11-/m1/s1. The summed E-state index contributed by atoms with van der Waals surface area (Å²) in [7, 11) is 1.35. The Balaban J connectivity index is 1.86. The number of aromatic nitrogens is 4. The molecule has 0 spiro atoms. The van der Waals surface area contributed by atoms with E-state index >= 15 is 0 Å². The smallest absolute Gasteiger partial charge is 0.310 e. The predicted octanol–water partition coefficient (Wildman–Crippen LogP) is 1.93. The van der Waals surface area contributed by atoms with Crippen molar-refractivity contribution >= 4 is 23.6 Å². The molecule has 136 valence electrons. The highest BCUT2D eigenvalue weighted by molar-refractivity contribution is 5.73. The monoisotopic (exact) mass is 357 g/mol. The van der Waals surface area contributed by atoms with E-state index in [1.807, 2.05) is 11.8 Å². The van der Waals surface area contributed by atoms with Gasteiger partial charge in [0.25, 0.3) is 0 Å². The van der Waals surface area contributed by atoms with E-state index in [9.17, 15) is 4.79 Å². The third-order valence-electron chi connectivity index (χ3n) is 4.06. The lowest BCUT2D eigenvalue weighted by Crippen LogP contribution is -2.46. The highest BCUT2D eigenvalue weighted by Gasteiger charge is 2.33. The molecule has 0 saturated carbocycles. The second-order valence-electron chi connectivity index (χ2n) is 6.00. The molecule has 0 aliphatic carbocycles. The molecule has 0 amide bonds. The summed E-state index contributed by atoms with van der Waals surface area (Å²) in [6.07, 6.45) is 2.14. The SMILES string of the molecule is COC(=O)[C@@H]1C[C@@H](N=[N+]=[N-])CN(c2nc(C)cc(Nc3cc[nH]n3)n2)C1. The zero-order valence-electron chi connectivity index (χ0n) is 14.5. The maximum Gasteiger partial charge on any atom is 0.310 e. The summed E-state index contributed by atoms with van der Waals surface area (Å²) in [4.78, 5) is 25.7. The lowest BCUT2D eigenvalue weighted by atomic mass is 9.95. The maximum atomic E-state index is 12.0. The average Bonchev–Trinajstić information content (AvgIpc) is 3.13. The topological polar surface area (TPSA) is 145 Å². The van der Waals surface area contributed by atoms with Crippen LogP contribution in [0.2, 0.25) is 0 Å². The van der Waals surface area contributed by atoms with Crippen molar-refractivity contribution in [1.29, 1.82) is 0 Å². The number of nitrogens with one attached hydrogen (secondary N) is 2. The van der Waals surface area contributed by atoms with Gasteiger partial charge in [-0.2, -0.15) is 10.1 Å². The van der Waals surface area contributed by atoms with Crippen LogP contribution in [0, 0.1) is 12.8 Å². The Morgan fingerprint density at radius 1 is 1.46 bits per heavy atom. The number of esters is 1. The first-order valence-electron chi connectivity index (χ1n) is 8.08. The van der Waals surface area contributed by atoms with E-state index in [1.165, 1.54) is 7.11 Å². The number of methoxy groups -OCH3 is 1. The molecule has 0 bridgehead atoms. The van der Waals surface area contributed by atoms with Gasteiger partial charge in [0.15, 0.2) is 5.82 Å². The number of aryl methyl sites for hydroxylation is 1. The zero-order chi connectivity index (χ0) is 18.5. The van der Waals surface area contributed by atoms with Gasteiger partial charge in [0, 0.05) is 42.0 Å². The Morgan fingerprint density at radius 3 is 3.00 bits per heavy atom. The normalized spacial score (nSPS) is 19.5. The number of H-pyrrole nitrogens is 1. The highest BCUT2D eigenvalue weighted by Crippen LogP contribution is 2.25. The first-order chi connectivity index (χ1) is 12.6. The van der Waals surface area contributed by atoms with Crippen LogP contribution in [-0.4, -0.2) is 52.4 Å². The number of carbonyl (C=O) groups excluding carboxylic acids is 1. The number of ether oxygens (including phenoxy) is 1. The van der Waals surface area contributed by atoms with Crippen molar-refractivity contribution in [3.05, 3.63) is 34.5 Å². The molecule has 2 N–H and O–H groups in total. The Morgan fingerprint density at radius 2 is 2.31 bits per heavy atom. The number of aromatic amines is 1. The fourth-order valence-corrected chi connectivity index (χ4v) is 2.95. The number of piperidine rings is 1. The molecule has 2 aromatic heterocycles. The molecular weight excluding hydrogens is 338 g/mol. The number of carbonyl (C=O) groups is 1. The summed E-state index contributed by atoms with van der Waals surface area (Å²) in [6.45, 7) is 2.69. The molecule has 26 heavy (non-hydrogen) atoms. The number of hydrogen-bond acceptors (Lipinski definition) is 8. The molecule has 11 heteroatoms. The number of azide groups is 1. The Bertz CT molecular complexity index is 817. The quantitative estimate of drug-likeness (QED) is 0.360. The molecule has 3 heterocycles. The number of anilines is 3. The van der Waals surface area contributed by atoms with Crippen molar-refractivity contribution in [2.45, 2.75) is 19.4 Å². The maximum absolute atomic E-state index is 12.0. The molecule has 0 aromatic carbocycles. The average molecular weight is 357 g/mol. The summed E-state index contributed by atoms with van der Waals surface area (Å²) in [5.41, 5.74) is 9.52. The minimum atomic E-state index is -0.406. The van der Waals surface area contributed by atoms with Crippen LogP contribution in [0.1, 0.15) is 12.1 Å². The fourth-order valence-electron chi connectivity index (χ4n) is 2.95. The van der Waals surface area contributed by atoms with Gasteiger partial charge in [0.05, 0.1) is 19.1 Å². The molecule has 11 nitrogen and oxygen atoms in total. The van der Waals surface area contributed by atoms with Crippen LogP contribution in [0.15, 0.2) is 23.4 Å². The van der Waals surface area contributed by atoms with Crippen molar-refractivity contribution in [3.8, 4) is 0 Å². The number of rotatable bonds is 5. The van der Waals surface area contributed by atoms with Crippen LogP contribution in [0.3, 0.4) is 0 Å². The summed E-state index contributed by atoms with van der Waals surface area (Å²) >= 11 is 0. The van der Waals surface area contributed by atoms with E-state index in [4.69, 9.17) is 10.3 Å². The van der Waals surface area contributed by atoms with Crippen LogP contribution in [0.5, 0.6) is 0 Å². The first kappa shape index (κ1) is 17.5. The fraction of sp³-hybridized carbons (Fsp3) is 0.467. The Hall–Kier alpha value is -3.33.